The van der Waals surface area contributed by atoms with Gasteiger partial charge < -0.3 is 19.7 Å². The van der Waals surface area contributed by atoms with Crippen molar-refractivity contribution < 1.29 is 19.7 Å². The van der Waals surface area contributed by atoms with Crippen LogP contribution in [0.3, 0.4) is 0 Å². The number of nitrogens with zero attached hydrogens (tertiary/aromatic N) is 3. The zero-order chi connectivity index (χ0) is 28.5. The number of benzene rings is 2. The van der Waals surface area contributed by atoms with Crippen LogP contribution in [-0.4, -0.2) is 61.2 Å². The first-order chi connectivity index (χ1) is 19.7. The predicted molar refractivity (Wildman–Crippen MR) is 164 cm³/mol. The first-order valence-electron chi connectivity index (χ1n) is 15.6. The molecule has 2 aromatic rings. The van der Waals surface area contributed by atoms with E-state index < -0.39 is 0 Å². The second kappa shape index (κ2) is 23.2. The Morgan fingerprint density at radius 1 is 0.525 bits per heavy atom. The molecule has 7 heteroatoms. The lowest BCUT2D eigenvalue weighted by Crippen LogP contribution is -2.30. The lowest BCUT2D eigenvalue weighted by atomic mass is 10.1. The highest BCUT2D eigenvalue weighted by atomic mass is 16.5. The van der Waals surface area contributed by atoms with Crippen molar-refractivity contribution in [2.75, 3.05) is 46.1 Å². The van der Waals surface area contributed by atoms with Crippen LogP contribution in [-0.2, 0) is 0 Å². The molecule has 40 heavy (non-hydrogen) atoms. The number of hydrogen-bond acceptors (Lipinski definition) is 7. The highest BCUT2D eigenvalue weighted by molar-refractivity contribution is 5.44. The van der Waals surface area contributed by atoms with Gasteiger partial charge in [0.15, 0.2) is 0 Å². The monoisotopic (exact) mass is 555 g/mol. The largest absolute Gasteiger partial charge is 0.494 e. The molecule has 0 aromatic heterocycles. The second-order valence-corrected chi connectivity index (χ2v) is 10.4. The van der Waals surface area contributed by atoms with E-state index in [9.17, 15) is 0 Å². The number of unbranched alkanes of at least 4 members (excludes halogenated alkanes) is 11. The van der Waals surface area contributed by atoms with Crippen molar-refractivity contribution in [2.45, 2.75) is 90.4 Å². The molecule has 2 aromatic carbocycles. The van der Waals surface area contributed by atoms with Gasteiger partial charge in [0, 0.05) is 13.1 Å². The molecule has 0 atom stereocenters. The van der Waals surface area contributed by atoms with Crippen molar-refractivity contribution in [3.63, 3.8) is 0 Å². The summed E-state index contributed by atoms with van der Waals surface area (Å²) >= 11 is 0. The summed E-state index contributed by atoms with van der Waals surface area (Å²) in [4.78, 5) is 2.14. The van der Waals surface area contributed by atoms with E-state index in [1.54, 1.807) is 0 Å². The van der Waals surface area contributed by atoms with Gasteiger partial charge in [0.2, 0.25) is 0 Å². The minimum atomic E-state index is 0.166. The molecule has 0 fully saturated rings. The molecule has 2 rings (SSSR count). The van der Waals surface area contributed by atoms with Crippen molar-refractivity contribution in [2.24, 2.45) is 10.2 Å². The highest BCUT2D eigenvalue weighted by Crippen LogP contribution is 2.23. The molecular weight excluding hydrogens is 502 g/mol. The second-order valence-electron chi connectivity index (χ2n) is 10.4. The minimum absolute atomic E-state index is 0.166. The smallest absolute Gasteiger partial charge is 0.119 e. The summed E-state index contributed by atoms with van der Waals surface area (Å²) in [6.07, 6.45) is 15.9. The Bertz CT molecular complexity index is 868. The van der Waals surface area contributed by atoms with Crippen molar-refractivity contribution in [1.29, 1.82) is 0 Å². The van der Waals surface area contributed by atoms with Crippen LogP contribution in [0.5, 0.6) is 11.5 Å². The van der Waals surface area contributed by atoms with Gasteiger partial charge in [-0.15, -0.1) is 0 Å². The third-order valence-electron chi connectivity index (χ3n) is 6.94. The highest BCUT2D eigenvalue weighted by Gasteiger charge is 2.03. The van der Waals surface area contributed by atoms with Gasteiger partial charge in [-0.1, -0.05) is 71.1 Å². The van der Waals surface area contributed by atoms with Gasteiger partial charge in [-0.2, -0.15) is 10.2 Å². The summed E-state index contributed by atoms with van der Waals surface area (Å²) in [6.45, 7) is 6.33. The topological polar surface area (TPSA) is 86.9 Å². The molecule has 7 nitrogen and oxygen atoms in total. The van der Waals surface area contributed by atoms with Crippen LogP contribution in [0.2, 0.25) is 0 Å². The van der Waals surface area contributed by atoms with Crippen LogP contribution in [0.15, 0.2) is 58.8 Å². The Morgan fingerprint density at radius 3 is 1.35 bits per heavy atom. The normalized spacial score (nSPS) is 11.5. The van der Waals surface area contributed by atoms with Crippen LogP contribution in [0.4, 0.5) is 11.4 Å². The Hall–Kier alpha value is -2.48. The molecule has 0 heterocycles. The van der Waals surface area contributed by atoms with Gasteiger partial charge in [0.1, 0.15) is 11.5 Å². The van der Waals surface area contributed by atoms with Gasteiger partial charge >= 0.3 is 0 Å². The fourth-order valence-corrected chi connectivity index (χ4v) is 4.54. The van der Waals surface area contributed by atoms with Gasteiger partial charge in [0.05, 0.1) is 37.8 Å². The molecule has 0 saturated carbocycles. The van der Waals surface area contributed by atoms with Crippen molar-refractivity contribution in [1.82, 2.24) is 4.90 Å². The summed E-state index contributed by atoms with van der Waals surface area (Å²) in [5, 5.41) is 26.8. The molecule has 0 radical (unpaired) electrons. The molecule has 0 aliphatic rings. The maximum Gasteiger partial charge on any atom is 0.119 e. The molecule has 0 bridgehead atoms. The molecule has 224 valence electrons. The zero-order valence-corrected chi connectivity index (χ0v) is 24.8. The maximum absolute atomic E-state index is 9.05. The molecule has 0 aliphatic heterocycles. The van der Waals surface area contributed by atoms with Crippen LogP contribution in [0, 0.1) is 0 Å². The van der Waals surface area contributed by atoms with E-state index in [0.29, 0.717) is 13.1 Å². The average molecular weight is 556 g/mol. The Kier molecular flexibility index (Phi) is 19.6. The molecule has 0 unspecified atom stereocenters. The molecule has 0 amide bonds. The van der Waals surface area contributed by atoms with Crippen molar-refractivity contribution >= 4 is 11.4 Å². The maximum atomic E-state index is 9.05. The van der Waals surface area contributed by atoms with E-state index in [0.717, 1.165) is 61.9 Å². The number of azo groups is 1. The summed E-state index contributed by atoms with van der Waals surface area (Å²) in [6, 6.07) is 15.5. The number of rotatable bonds is 25. The van der Waals surface area contributed by atoms with Gasteiger partial charge in [-0.05, 0) is 74.3 Å². The lowest BCUT2D eigenvalue weighted by Gasteiger charge is -2.19. The Labute approximate surface area is 242 Å². The standard InChI is InChI=1S/C33H53N3O4/c1-2-3-13-28-39-32-19-15-30(16-20-32)34-35-31-17-21-33(22-18-31)40-29-14-11-9-7-5-4-6-8-10-12-23-36(24-26-37)25-27-38/h15-22,37-38H,2-14,23-29H2,1H3. The Morgan fingerprint density at radius 2 is 0.925 bits per heavy atom. The average Bonchev–Trinajstić information content (AvgIpc) is 2.98. The molecule has 0 spiro atoms. The fourth-order valence-electron chi connectivity index (χ4n) is 4.54. The third kappa shape index (κ3) is 16.6. The van der Waals surface area contributed by atoms with E-state index in [-0.39, 0.29) is 13.2 Å². The zero-order valence-electron chi connectivity index (χ0n) is 24.8. The fraction of sp³-hybridized carbons (Fsp3) is 0.636. The summed E-state index contributed by atoms with van der Waals surface area (Å²) in [5.41, 5.74) is 1.61. The first kappa shape index (κ1) is 33.7. The number of hydrogen-bond donors (Lipinski definition) is 2. The minimum Gasteiger partial charge on any atom is -0.494 e. The van der Waals surface area contributed by atoms with Crippen LogP contribution in [0.25, 0.3) is 0 Å². The molecule has 0 aliphatic carbocycles. The van der Waals surface area contributed by atoms with E-state index in [1.807, 2.05) is 48.5 Å². The van der Waals surface area contributed by atoms with Crippen molar-refractivity contribution in [3.05, 3.63) is 48.5 Å². The Balaban J connectivity index is 1.46. The third-order valence-corrected chi connectivity index (χ3v) is 6.94. The van der Waals surface area contributed by atoms with E-state index >= 15 is 0 Å². The quantitative estimate of drug-likeness (QED) is 0.0951. The lowest BCUT2D eigenvalue weighted by molar-refractivity contribution is 0.159. The molecule has 0 saturated heterocycles. The first-order valence-corrected chi connectivity index (χ1v) is 15.6. The number of aliphatic hydroxyl groups excluding tert-OH is 2. The number of aliphatic hydroxyl groups is 2. The summed E-state index contributed by atoms with van der Waals surface area (Å²) in [5.74, 6) is 1.75. The van der Waals surface area contributed by atoms with Crippen LogP contribution >= 0.6 is 0 Å². The molecule has 2 N–H and O–H groups in total. The molecular formula is C33H53N3O4. The van der Waals surface area contributed by atoms with E-state index in [4.69, 9.17) is 19.7 Å². The van der Waals surface area contributed by atoms with Crippen LogP contribution in [0.1, 0.15) is 90.4 Å². The number of ether oxygens (including phenoxy) is 2. The van der Waals surface area contributed by atoms with E-state index in [1.165, 1.54) is 64.2 Å². The van der Waals surface area contributed by atoms with Gasteiger partial charge in [-0.25, -0.2) is 0 Å². The van der Waals surface area contributed by atoms with Gasteiger partial charge in [0.25, 0.3) is 0 Å². The van der Waals surface area contributed by atoms with Crippen molar-refractivity contribution in [3.8, 4) is 11.5 Å². The van der Waals surface area contributed by atoms with E-state index in [2.05, 4.69) is 22.1 Å². The van der Waals surface area contributed by atoms with Crippen LogP contribution < -0.4 is 9.47 Å². The summed E-state index contributed by atoms with van der Waals surface area (Å²) in [7, 11) is 0. The SMILES string of the molecule is CCCCCOc1ccc(N=Nc2ccc(OCCCCCCCCCCCCN(CCO)CCO)cc2)cc1. The summed E-state index contributed by atoms with van der Waals surface area (Å²) < 4.78 is 11.6. The van der Waals surface area contributed by atoms with Gasteiger partial charge in [-0.3, -0.25) is 4.90 Å². The predicted octanol–water partition coefficient (Wildman–Crippen LogP) is 8.24.